The zero-order chi connectivity index (χ0) is 15.8. The molecule has 0 amide bonds. The van der Waals surface area contributed by atoms with Gasteiger partial charge >= 0.3 is 5.97 Å². The van der Waals surface area contributed by atoms with E-state index in [4.69, 9.17) is 4.74 Å². The van der Waals surface area contributed by atoms with Crippen LogP contribution in [0.5, 0.6) is 0 Å². The number of rotatable bonds is 3. The molecule has 0 saturated heterocycles. The maximum atomic E-state index is 11.6. The quantitative estimate of drug-likeness (QED) is 0.620. The van der Waals surface area contributed by atoms with Crippen LogP contribution in [0.2, 0.25) is 0 Å². The highest BCUT2D eigenvalue weighted by molar-refractivity contribution is 5.66. The SMILES string of the molecule is CC(=O)OC1C2=C(CO)CCC(O)C2(C)CCC1C(C)C. The number of aliphatic hydroxyl groups is 2. The van der Waals surface area contributed by atoms with E-state index < -0.39 is 6.10 Å². The number of ether oxygens (including phenoxy) is 1. The minimum atomic E-state index is -0.422. The Morgan fingerprint density at radius 1 is 1.43 bits per heavy atom. The van der Waals surface area contributed by atoms with E-state index in [2.05, 4.69) is 20.8 Å². The lowest BCUT2D eigenvalue weighted by atomic mass is 9.57. The summed E-state index contributed by atoms with van der Waals surface area (Å²) in [7, 11) is 0. The van der Waals surface area contributed by atoms with Crippen molar-refractivity contribution in [2.45, 2.75) is 65.6 Å². The molecule has 4 heteroatoms. The lowest BCUT2D eigenvalue weighted by Gasteiger charge is -2.51. The molecule has 120 valence electrons. The fourth-order valence-electron chi connectivity index (χ4n) is 4.18. The lowest BCUT2D eigenvalue weighted by Crippen LogP contribution is -2.50. The van der Waals surface area contributed by atoms with E-state index >= 15 is 0 Å². The van der Waals surface area contributed by atoms with Crippen molar-refractivity contribution in [2.75, 3.05) is 6.61 Å². The minimum Gasteiger partial charge on any atom is -0.458 e. The molecule has 2 rings (SSSR count). The fraction of sp³-hybridized carbons (Fsp3) is 0.824. The number of fused-ring (bicyclic) bond motifs is 1. The third kappa shape index (κ3) is 2.88. The molecule has 0 aliphatic heterocycles. The molecule has 2 N–H and O–H groups in total. The van der Waals surface area contributed by atoms with Crippen LogP contribution in [0, 0.1) is 17.3 Å². The maximum Gasteiger partial charge on any atom is 0.303 e. The Hall–Kier alpha value is -0.870. The van der Waals surface area contributed by atoms with Crippen LogP contribution in [0.15, 0.2) is 11.1 Å². The van der Waals surface area contributed by atoms with E-state index in [1.54, 1.807) is 0 Å². The van der Waals surface area contributed by atoms with Crippen molar-refractivity contribution in [3.8, 4) is 0 Å². The van der Waals surface area contributed by atoms with E-state index in [0.717, 1.165) is 24.0 Å². The van der Waals surface area contributed by atoms with Gasteiger partial charge in [0.15, 0.2) is 0 Å². The molecule has 1 fully saturated rings. The Kier molecular flexibility index (Phi) is 4.79. The van der Waals surface area contributed by atoms with Gasteiger partial charge in [-0.15, -0.1) is 0 Å². The molecule has 0 aromatic carbocycles. The van der Waals surface area contributed by atoms with E-state index in [0.29, 0.717) is 18.8 Å². The van der Waals surface area contributed by atoms with Crippen LogP contribution < -0.4 is 0 Å². The Labute approximate surface area is 127 Å². The molecule has 0 spiro atoms. The Morgan fingerprint density at radius 3 is 2.62 bits per heavy atom. The zero-order valence-corrected chi connectivity index (χ0v) is 13.6. The largest absolute Gasteiger partial charge is 0.458 e. The molecular weight excluding hydrogens is 268 g/mol. The second kappa shape index (κ2) is 6.09. The van der Waals surface area contributed by atoms with E-state index in [9.17, 15) is 15.0 Å². The van der Waals surface area contributed by atoms with Crippen molar-refractivity contribution in [3.63, 3.8) is 0 Å². The van der Waals surface area contributed by atoms with Crippen molar-refractivity contribution in [3.05, 3.63) is 11.1 Å². The molecule has 4 atom stereocenters. The van der Waals surface area contributed by atoms with Gasteiger partial charge < -0.3 is 14.9 Å². The number of carbonyl (C=O) groups excluding carboxylic acids is 1. The summed E-state index contributed by atoms with van der Waals surface area (Å²) in [6.45, 7) is 7.75. The maximum absolute atomic E-state index is 11.6. The van der Waals surface area contributed by atoms with E-state index in [1.165, 1.54) is 6.92 Å². The van der Waals surface area contributed by atoms with Crippen LogP contribution in [-0.4, -0.2) is 35.0 Å². The Morgan fingerprint density at radius 2 is 2.10 bits per heavy atom. The van der Waals surface area contributed by atoms with E-state index in [-0.39, 0.29) is 30.0 Å². The van der Waals surface area contributed by atoms with Gasteiger partial charge in [-0.25, -0.2) is 0 Å². The first kappa shape index (κ1) is 16.5. The summed E-state index contributed by atoms with van der Waals surface area (Å²) >= 11 is 0. The second-order valence-electron chi connectivity index (χ2n) is 7.12. The van der Waals surface area contributed by atoms with Crippen LogP contribution in [0.1, 0.15) is 53.4 Å². The molecule has 0 aromatic rings. The van der Waals surface area contributed by atoms with Crippen LogP contribution in [-0.2, 0) is 9.53 Å². The summed E-state index contributed by atoms with van der Waals surface area (Å²) in [5.74, 6) is 0.356. The van der Waals surface area contributed by atoms with Gasteiger partial charge in [0.05, 0.1) is 12.7 Å². The first-order chi connectivity index (χ1) is 9.81. The zero-order valence-electron chi connectivity index (χ0n) is 13.6. The smallest absolute Gasteiger partial charge is 0.303 e. The van der Waals surface area contributed by atoms with Gasteiger partial charge in [-0.1, -0.05) is 20.8 Å². The Balaban J connectivity index is 2.50. The van der Waals surface area contributed by atoms with E-state index in [1.807, 2.05) is 0 Å². The monoisotopic (exact) mass is 296 g/mol. The molecule has 2 aliphatic carbocycles. The van der Waals surface area contributed by atoms with Crippen LogP contribution in [0.25, 0.3) is 0 Å². The summed E-state index contributed by atoms with van der Waals surface area (Å²) in [5.41, 5.74) is 1.57. The third-order valence-corrected chi connectivity index (χ3v) is 5.46. The van der Waals surface area contributed by atoms with Crippen molar-refractivity contribution in [1.29, 1.82) is 0 Å². The molecular formula is C17H28O4. The van der Waals surface area contributed by atoms with Crippen molar-refractivity contribution >= 4 is 5.97 Å². The molecule has 4 nitrogen and oxygen atoms in total. The molecule has 21 heavy (non-hydrogen) atoms. The predicted octanol–water partition coefficient (Wildman–Crippen LogP) is 2.43. The molecule has 1 saturated carbocycles. The number of hydrogen-bond acceptors (Lipinski definition) is 4. The third-order valence-electron chi connectivity index (χ3n) is 5.46. The topological polar surface area (TPSA) is 66.8 Å². The van der Waals surface area contributed by atoms with Crippen molar-refractivity contribution in [2.24, 2.45) is 17.3 Å². The minimum absolute atomic E-state index is 0.0137. The van der Waals surface area contributed by atoms with Gasteiger partial charge in [-0.2, -0.15) is 0 Å². The highest BCUT2D eigenvalue weighted by Gasteiger charge is 2.51. The van der Waals surface area contributed by atoms with Gasteiger partial charge in [0, 0.05) is 18.3 Å². The second-order valence-corrected chi connectivity index (χ2v) is 7.12. The predicted molar refractivity (Wildman–Crippen MR) is 80.6 cm³/mol. The normalized spacial score (nSPS) is 36.6. The highest BCUT2D eigenvalue weighted by Crippen LogP contribution is 2.53. The van der Waals surface area contributed by atoms with Gasteiger partial charge in [-0.3, -0.25) is 4.79 Å². The molecule has 4 unspecified atom stereocenters. The first-order valence-electron chi connectivity index (χ1n) is 7.99. The van der Waals surface area contributed by atoms with Crippen LogP contribution >= 0.6 is 0 Å². The van der Waals surface area contributed by atoms with Crippen LogP contribution in [0.4, 0.5) is 0 Å². The molecule has 2 aliphatic rings. The van der Waals surface area contributed by atoms with Gasteiger partial charge in [0.2, 0.25) is 0 Å². The van der Waals surface area contributed by atoms with Crippen molar-refractivity contribution in [1.82, 2.24) is 0 Å². The van der Waals surface area contributed by atoms with Gasteiger partial charge in [0.1, 0.15) is 6.10 Å². The summed E-state index contributed by atoms with van der Waals surface area (Å²) in [6.07, 6.45) is 2.45. The number of carbonyl (C=O) groups is 1. The lowest BCUT2D eigenvalue weighted by molar-refractivity contribution is -0.152. The summed E-state index contributed by atoms with van der Waals surface area (Å²) in [5, 5.41) is 20.2. The number of esters is 1. The summed E-state index contributed by atoms with van der Waals surface area (Å²) < 4.78 is 5.66. The summed E-state index contributed by atoms with van der Waals surface area (Å²) in [6, 6.07) is 0. The average molecular weight is 296 g/mol. The van der Waals surface area contributed by atoms with Crippen LogP contribution in [0.3, 0.4) is 0 Å². The van der Waals surface area contributed by atoms with Crippen molar-refractivity contribution < 1.29 is 19.7 Å². The summed E-state index contributed by atoms with van der Waals surface area (Å²) in [4.78, 5) is 11.6. The molecule has 0 radical (unpaired) electrons. The highest BCUT2D eigenvalue weighted by atomic mass is 16.5. The first-order valence-corrected chi connectivity index (χ1v) is 7.99. The standard InChI is InChI=1S/C17H28O4/c1-10(2)13-7-8-17(4)14(20)6-5-12(9-18)15(17)16(13)21-11(3)19/h10,13-14,16,18,20H,5-9H2,1-4H3. The molecule has 0 heterocycles. The molecule has 0 aromatic heterocycles. The Bertz CT molecular complexity index is 440. The molecule has 0 bridgehead atoms. The van der Waals surface area contributed by atoms with Gasteiger partial charge in [-0.05, 0) is 42.7 Å². The average Bonchev–Trinajstić information content (AvgIpc) is 2.39. The van der Waals surface area contributed by atoms with Gasteiger partial charge in [0.25, 0.3) is 0 Å². The number of hydrogen-bond donors (Lipinski definition) is 2. The number of aliphatic hydroxyl groups excluding tert-OH is 2. The fourth-order valence-corrected chi connectivity index (χ4v) is 4.18.